The Kier molecular flexibility index (Phi) is 4.97. The molecule has 0 atom stereocenters. The Labute approximate surface area is 123 Å². The molecule has 0 amide bonds. The first kappa shape index (κ1) is 14.8. The summed E-state index contributed by atoms with van der Waals surface area (Å²) >= 11 is 3.08. The van der Waals surface area contributed by atoms with Crippen LogP contribution < -0.4 is 10.1 Å². The lowest BCUT2D eigenvalue weighted by Gasteiger charge is -2.08. The molecule has 2 aromatic rings. The number of aromatic nitrogens is 2. The fourth-order valence-electron chi connectivity index (χ4n) is 1.49. The van der Waals surface area contributed by atoms with Crippen LogP contribution in [0.1, 0.15) is 12.6 Å². The summed E-state index contributed by atoms with van der Waals surface area (Å²) in [5, 5.41) is 3.09. The summed E-state index contributed by atoms with van der Waals surface area (Å²) < 4.78 is 32.5. The van der Waals surface area contributed by atoms with Crippen molar-refractivity contribution in [1.29, 1.82) is 0 Å². The first-order valence-electron chi connectivity index (χ1n) is 5.94. The molecule has 1 heterocycles. The third-order valence-electron chi connectivity index (χ3n) is 2.39. The fraction of sp³-hybridized carbons (Fsp3) is 0.231. The van der Waals surface area contributed by atoms with Crippen molar-refractivity contribution in [2.75, 3.05) is 6.54 Å². The molecule has 0 radical (unpaired) electrons. The van der Waals surface area contributed by atoms with Crippen molar-refractivity contribution >= 4 is 15.9 Å². The molecule has 0 unspecified atom stereocenters. The van der Waals surface area contributed by atoms with E-state index in [0.29, 0.717) is 16.7 Å². The third kappa shape index (κ3) is 3.71. The maximum Gasteiger partial charge on any atom is 0.238 e. The van der Waals surface area contributed by atoms with Crippen LogP contribution in [0.4, 0.5) is 8.78 Å². The molecule has 0 saturated carbocycles. The molecule has 7 heteroatoms. The number of ether oxygens (including phenoxy) is 1. The van der Waals surface area contributed by atoms with E-state index < -0.39 is 11.6 Å². The van der Waals surface area contributed by atoms with Gasteiger partial charge in [-0.25, -0.2) is 9.37 Å². The second kappa shape index (κ2) is 6.71. The zero-order valence-corrected chi connectivity index (χ0v) is 12.2. The van der Waals surface area contributed by atoms with E-state index in [1.165, 1.54) is 12.3 Å². The van der Waals surface area contributed by atoms with Crippen LogP contribution in [0.5, 0.6) is 11.6 Å². The Hall–Kier alpha value is -1.60. The lowest BCUT2D eigenvalue weighted by atomic mass is 10.3. The molecule has 0 fully saturated rings. The van der Waals surface area contributed by atoms with Crippen molar-refractivity contribution in [3.8, 4) is 11.6 Å². The SMILES string of the molecule is CCNCc1cncc(Oc2cc(Br)cc(F)c2F)n1. The van der Waals surface area contributed by atoms with Crippen molar-refractivity contribution in [2.24, 2.45) is 0 Å². The van der Waals surface area contributed by atoms with Crippen molar-refractivity contribution in [1.82, 2.24) is 15.3 Å². The van der Waals surface area contributed by atoms with Crippen LogP contribution in [-0.4, -0.2) is 16.5 Å². The van der Waals surface area contributed by atoms with Gasteiger partial charge in [0.2, 0.25) is 11.7 Å². The lowest BCUT2D eigenvalue weighted by Crippen LogP contribution is -2.13. The number of nitrogens with one attached hydrogen (secondary N) is 1. The molecule has 2 rings (SSSR count). The van der Waals surface area contributed by atoms with Gasteiger partial charge in [0.05, 0.1) is 11.9 Å². The number of benzene rings is 1. The van der Waals surface area contributed by atoms with Crippen LogP contribution in [0.3, 0.4) is 0 Å². The minimum Gasteiger partial charge on any atom is -0.434 e. The van der Waals surface area contributed by atoms with Gasteiger partial charge in [-0.2, -0.15) is 4.39 Å². The van der Waals surface area contributed by atoms with Crippen LogP contribution in [0.25, 0.3) is 0 Å². The van der Waals surface area contributed by atoms with Gasteiger partial charge in [-0.1, -0.05) is 22.9 Å². The van der Waals surface area contributed by atoms with Gasteiger partial charge in [-0.3, -0.25) is 4.98 Å². The first-order chi connectivity index (χ1) is 9.60. The predicted molar refractivity (Wildman–Crippen MR) is 73.5 cm³/mol. The molecule has 0 aliphatic rings. The highest BCUT2D eigenvalue weighted by Gasteiger charge is 2.13. The zero-order valence-electron chi connectivity index (χ0n) is 10.7. The highest BCUT2D eigenvalue weighted by atomic mass is 79.9. The minimum atomic E-state index is -1.06. The minimum absolute atomic E-state index is 0.108. The average molecular weight is 344 g/mol. The summed E-state index contributed by atoms with van der Waals surface area (Å²) in [4.78, 5) is 8.11. The van der Waals surface area contributed by atoms with E-state index in [1.54, 1.807) is 6.20 Å². The topological polar surface area (TPSA) is 47.0 Å². The monoisotopic (exact) mass is 343 g/mol. The quantitative estimate of drug-likeness (QED) is 0.845. The Morgan fingerprint density at radius 3 is 2.85 bits per heavy atom. The summed E-state index contributed by atoms with van der Waals surface area (Å²) in [7, 11) is 0. The molecular formula is C13H12BrF2N3O. The second-order valence-electron chi connectivity index (χ2n) is 3.93. The zero-order chi connectivity index (χ0) is 14.5. The number of hydrogen-bond donors (Lipinski definition) is 1. The molecule has 20 heavy (non-hydrogen) atoms. The van der Waals surface area contributed by atoms with Crippen molar-refractivity contribution in [3.63, 3.8) is 0 Å². The number of rotatable bonds is 5. The molecule has 0 aliphatic carbocycles. The van der Waals surface area contributed by atoms with Gasteiger partial charge in [-0.05, 0) is 18.7 Å². The van der Waals surface area contributed by atoms with Gasteiger partial charge >= 0.3 is 0 Å². The van der Waals surface area contributed by atoms with Crippen molar-refractivity contribution in [2.45, 2.75) is 13.5 Å². The van der Waals surface area contributed by atoms with Gasteiger partial charge in [-0.15, -0.1) is 0 Å². The van der Waals surface area contributed by atoms with Crippen LogP contribution in [-0.2, 0) is 6.54 Å². The van der Waals surface area contributed by atoms with Gasteiger partial charge in [0.1, 0.15) is 0 Å². The first-order valence-corrected chi connectivity index (χ1v) is 6.73. The molecule has 1 aromatic heterocycles. The van der Waals surface area contributed by atoms with Gasteiger partial charge in [0, 0.05) is 17.2 Å². The molecule has 4 nitrogen and oxygen atoms in total. The molecule has 1 N–H and O–H groups in total. The predicted octanol–water partition coefficient (Wildman–Crippen LogP) is 3.42. The molecule has 0 saturated heterocycles. The van der Waals surface area contributed by atoms with Gasteiger partial charge in [0.15, 0.2) is 11.6 Å². The smallest absolute Gasteiger partial charge is 0.238 e. The molecule has 0 bridgehead atoms. The Morgan fingerprint density at radius 2 is 2.10 bits per heavy atom. The Balaban J connectivity index is 2.21. The maximum absolute atomic E-state index is 13.6. The highest BCUT2D eigenvalue weighted by molar-refractivity contribution is 9.10. The van der Waals surface area contributed by atoms with Crippen LogP contribution in [0.2, 0.25) is 0 Å². The number of halogens is 3. The molecule has 0 spiro atoms. The Bertz CT molecular complexity index is 610. The maximum atomic E-state index is 13.6. The van der Waals surface area contributed by atoms with Crippen molar-refractivity contribution in [3.05, 3.63) is 46.3 Å². The molecule has 0 aliphatic heterocycles. The summed E-state index contributed by atoms with van der Waals surface area (Å²) in [5.41, 5.74) is 0.653. The second-order valence-corrected chi connectivity index (χ2v) is 4.85. The van der Waals surface area contributed by atoms with Crippen LogP contribution in [0, 0.1) is 11.6 Å². The standard InChI is InChI=1S/C13H12BrF2N3O/c1-2-17-5-9-6-18-7-12(19-9)20-11-4-8(14)3-10(15)13(11)16/h3-4,6-7,17H,2,5H2,1H3. The molecule has 1 aromatic carbocycles. The molecule has 106 valence electrons. The largest absolute Gasteiger partial charge is 0.434 e. The number of hydrogen-bond acceptors (Lipinski definition) is 4. The normalized spacial score (nSPS) is 10.6. The van der Waals surface area contributed by atoms with E-state index in [1.807, 2.05) is 6.92 Å². The summed E-state index contributed by atoms with van der Waals surface area (Å²) in [6.45, 7) is 3.28. The third-order valence-corrected chi connectivity index (χ3v) is 2.85. The van der Waals surface area contributed by atoms with Gasteiger partial charge in [0.25, 0.3) is 0 Å². The van der Waals surface area contributed by atoms with Crippen LogP contribution in [0.15, 0.2) is 29.0 Å². The van der Waals surface area contributed by atoms with E-state index in [4.69, 9.17) is 4.74 Å². The molecular weight excluding hydrogens is 332 g/mol. The van der Waals surface area contributed by atoms with E-state index >= 15 is 0 Å². The van der Waals surface area contributed by atoms with Crippen molar-refractivity contribution < 1.29 is 13.5 Å². The lowest BCUT2D eigenvalue weighted by molar-refractivity contribution is 0.402. The highest BCUT2D eigenvalue weighted by Crippen LogP contribution is 2.28. The van der Waals surface area contributed by atoms with Crippen LogP contribution >= 0.6 is 15.9 Å². The van der Waals surface area contributed by atoms with E-state index in [9.17, 15) is 8.78 Å². The summed E-state index contributed by atoms with van der Waals surface area (Å²) in [6, 6.07) is 2.35. The Morgan fingerprint density at radius 1 is 1.30 bits per heavy atom. The summed E-state index contributed by atoms with van der Waals surface area (Å²) in [5.74, 6) is -2.19. The van der Waals surface area contributed by atoms with Gasteiger partial charge < -0.3 is 10.1 Å². The fourth-order valence-corrected chi connectivity index (χ4v) is 1.90. The number of nitrogens with zero attached hydrogens (tertiary/aromatic N) is 2. The van der Waals surface area contributed by atoms with E-state index in [2.05, 4.69) is 31.2 Å². The summed E-state index contributed by atoms with van der Waals surface area (Å²) in [6.07, 6.45) is 2.92. The van der Waals surface area contributed by atoms with E-state index in [0.717, 1.165) is 12.6 Å². The van der Waals surface area contributed by atoms with E-state index in [-0.39, 0.29) is 11.6 Å². The average Bonchev–Trinajstić information content (AvgIpc) is 2.42.